The molecule has 1 N–H and O–H groups in total. The van der Waals surface area contributed by atoms with E-state index in [9.17, 15) is 4.79 Å². The molecule has 0 aromatic rings. The molecule has 0 amide bonds. The van der Waals surface area contributed by atoms with Crippen LogP contribution in [-0.4, -0.2) is 30.9 Å². The molecule has 0 aliphatic carbocycles. The molecule has 3 rings (SSSR count). The molecule has 0 spiro atoms. The quantitative estimate of drug-likeness (QED) is 0.563. The van der Waals surface area contributed by atoms with E-state index in [4.69, 9.17) is 18.7 Å². The minimum atomic E-state index is -1.44. The lowest BCUT2D eigenvalue weighted by Gasteiger charge is -2.40. The van der Waals surface area contributed by atoms with E-state index in [1.54, 1.807) is 0 Å². The van der Waals surface area contributed by atoms with Gasteiger partial charge in [-0.2, -0.15) is 0 Å². The molecule has 3 saturated heterocycles. The summed E-state index contributed by atoms with van der Waals surface area (Å²) in [6.07, 6.45) is 0. The zero-order valence-corrected chi connectivity index (χ0v) is 6.54. The molecule has 11 heavy (non-hydrogen) atoms. The maximum Gasteiger partial charge on any atom is 0.399 e. The van der Waals surface area contributed by atoms with E-state index in [2.05, 4.69) is 0 Å². The van der Waals surface area contributed by atoms with Crippen LogP contribution in [0, 0.1) is 5.41 Å². The standard InChI is InChI=1S/C5H7O5P/c6-1-5-2-8-11(9-3-5)10-4(5)7/h6H,1-3H2. The third-order valence-corrected chi connectivity index (χ3v) is 2.78. The summed E-state index contributed by atoms with van der Waals surface area (Å²) < 4.78 is 14.7. The first-order valence-corrected chi connectivity index (χ1v) is 4.26. The minimum absolute atomic E-state index is 0.216. The molecule has 0 aromatic heterocycles. The third-order valence-electron chi connectivity index (χ3n) is 1.79. The largest absolute Gasteiger partial charge is 0.399 e. The monoisotopic (exact) mass is 178 g/mol. The van der Waals surface area contributed by atoms with Crippen molar-refractivity contribution in [3.8, 4) is 0 Å². The zero-order chi connectivity index (χ0) is 7.90. The fraction of sp³-hybridized carbons (Fsp3) is 0.800. The first-order chi connectivity index (χ1) is 5.27. The molecule has 2 bridgehead atoms. The Morgan fingerprint density at radius 2 is 2.18 bits per heavy atom. The van der Waals surface area contributed by atoms with Gasteiger partial charge in [-0.15, -0.1) is 0 Å². The lowest BCUT2D eigenvalue weighted by Crippen LogP contribution is -2.50. The summed E-state index contributed by atoms with van der Waals surface area (Å²) >= 11 is 0. The van der Waals surface area contributed by atoms with Crippen molar-refractivity contribution < 1.29 is 23.5 Å². The van der Waals surface area contributed by atoms with Gasteiger partial charge in [0.25, 0.3) is 0 Å². The average Bonchev–Trinajstić information content (AvgIpc) is 2.07. The van der Waals surface area contributed by atoms with Crippen LogP contribution < -0.4 is 0 Å². The van der Waals surface area contributed by atoms with E-state index in [-0.39, 0.29) is 19.8 Å². The summed E-state index contributed by atoms with van der Waals surface area (Å²) in [6.45, 7) is 0.150. The lowest BCUT2D eigenvalue weighted by molar-refractivity contribution is -0.170. The molecule has 0 unspecified atom stereocenters. The third kappa shape index (κ3) is 0.964. The van der Waals surface area contributed by atoms with E-state index in [1.807, 2.05) is 0 Å². The Labute approximate surface area is 64.2 Å². The van der Waals surface area contributed by atoms with Gasteiger partial charge >= 0.3 is 14.6 Å². The SMILES string of the molecule is O=C1OP2OCC1(CO)CO2. The summed E-state index contributed by atoms with van der Waals surface area (Å²) in [6, 6.07) is 0. The molecule has 0 atom stereocenters. The normalized spacial score (nSPS) is 42.3. The van der Waals surface area contributed by atoms with Gasteiger partial charge in [-0.05, 0) is 0 Å². The number of hydrogen-bond donors (Lipinski definition) is 1. The molecular weight excluding hydrogens is 171 g/mol. The van der Waals surface area contributed by atoms with Crippen molar-refractivity contribution in [2.75, 3.05) is 19.8 Å². The molecule has 62 valence electrons. The van der Waals surface area contributed by atoms with Gasteiger partial charge in [-0.3, -0.25) is 4.79 Å². The smallest absolute Gasteiger partial charge is 0.395 e. The Morgan fingerprint density at radius 1 is 1.55 bits per heavy atom. The van der Waals surface area contributed by atoms with Crippen molar-refractivity contribution in [2.45, 2.75) is 0 Å². The van der Waals surface area contributed by atoms with Crippen LogP contribution in [0.25, 0.3) is 0 Å². The van der Waals surface area contributed by atoms with Crippen molar-refractivity contribution in [2.24, 2.45) is 5.41 Å². The molecule has 3 aliphatic heterocycles. The number of aliphatic hydroxyl groups is 1. The lowest BCUT2D eigenvalue weighted by atomic mass is 9.92. The number of hydrogen-bond acceptors (Lipinski definition) is 5. The van der Waals surface area contributed by atoms with Gasteiger partial charge in [0, 0.05) is 0 Å². The number of aliphatic hydroxyl groups excluding tert-OH is 1. The van der Waals surface area contributed by atoms with Gasteiger partial charge in [-0.25, -0.2) is 0 Å². The van der Waals surface area contributed by atoms with Gasteiger partial charge in [0.2, 0.25) is 0 Å². The molecule has 3 aliphatic rings. The summed E-state index contributed by atoms with van der Waals surface area (Å²) in [4.78, 5) is 11.1. The van der Waals surface area contributed by atoms with E-state index in [1.165, 1.54) is 0 Å². The second-order valence-electron chi connectivity index (χ2n) is 2.59. The molecule has 0 radical (unpaired) electrons. The van der Waals surface area contributed by atoms with Gasteiger partial charge in [0.05, 0.1) is 19.8 Å². The Kier molecular flexibility index (Phi) is 1.61. The minimum Gasteiger partial charge on any atom is -0.395 e. The van der Waals surface area contributed by atoms with Crippen molar-refractivity contribution in [3.05, 3.63) is 0 Å². The molecule has 3 heterocycles. The van der Waals surface area contributed by atoms with Gasteiger partial charge in [0.15, 0.2) is 0 Å². The first-order valence-electron chi connectivity index (χ1n) is 3.16. The topological polar surface area (TPSA) is 65.0 Å². The van der Waals surface area contributed by atoms with Gasteiger partial charge in [0.1, 0.15) is 5.41 Å². The van der Waals surface area contributed by atoms with E-state index >= 15 is 0 Å². The maximum absolute atomic E-state index is 11.1. The van der Waals surface area contributed by atoms with Crippen LogP contribution in [0.15, 0.2) is 0 Å². The van der Waals surface area contributed by atoms with Gasteiger partial charge in [-0.1, -0.05) is 0 Å². The van der Waals surface area contributed by atoms with Crippen molar-refractivity contribution in [3.63, 3.8) is 0 Å². The van der Waals surface area contributed by atoms with Crippen LogP contribution in [0.2, 0.25) is 0 Å². The maximum atomic E-state index is 11.1. The molecule has 0 saturated carbocycles. The average molecular weight is 178 g/mol. The van der Waals surface area contributed by atoms with Crippen LogP contribution in [0.3, 0.4) is 0 Å². The van der Waals surface area contributed by atoms with Crippen LogP contribution in [-0.2, 0) is 18.4 Å². The first kappa shape index (κ1) is 7.43. The highest BCUT2D eigenvalue weighted by Crippen LogP contribution is 2.53. The van der Waals surface area contributed by atoms with Crippen LogP contribution in [0.1, 0.15) is 0 Å². The fourth-order valence-corrected chi connectivity index (χ4v) is 2.14. The number of fused-ring (bicyclic) bond motifs is 3. The van der Waals surface area contributed by atoms with E-state index < -0.39 is 20.0 Å². The Bertz CT molecular complexity index is 185. The summed E-state index contributed by atoms with van der Waals surface area (Å²) in [5, 5.41) is 8.88. The van der Waals surface area contributed by atoms with Crippen molar-refractivity contribution in [1.82, 2.24) is 0 Å². The summed E-state index contributed by atoms with van der Waals surface area (Å²) in [5.74, 6) is -0.399. The van der Waals surface area contributed by atoms with Crippen LogP contribution >= 0.6 is 8.60 Å². The fourth-order valence-electron chi connectivity index (χ4n) is 0.922. The molecule has 0 aromatic carbocycles. The molecular formula is C5H7O5P. The van der Waals surface area contributed by atoms with E-state index in [0.29, 0.717) is 0 Å². The van der Waals surface area contributed by atoms with Crippen LogP contribution in [0.5, 0.6) is 0 Å². The summed E-state index contributed by atoms with van der Waals surface area (Å²) in [7, 11) is -1.44. The predicted molar refractivity (Wildman–Crippen MR) is 34.4 cm³/mol. The second kappa shape index (κ2) is 2.38. The summed E-state index contributed by atoms with van der Waals surface area (Å²) in [5.41, 5.74) is -0.947. The highest BCUT2D eigenvalue weighted by molar-refractivity contribution is 7.42. The van der Waals surface area contributed by atoms with E-state index in [0.717, 1.165) is 0 Å². The zero-order valence-electron chi connectivity index (χ0n) is 5.65. The Morgan fingerprint density at radius 3 is 2.55 bits per heavy atom. The Balaban J connectivity index is 2.23. The molecule has 3 fully saturated rings. The van der Waals surface area contributed by atoms with Crippen LogP contribution in [0.4, 0.5) is 0 Å². The van der Waals surface area contributed by atoms with Gasteiger partial charge < -0.3 is 18.7 Å². The highest BCUT2D eigenvalue weighted by atomic mass is 31.2. The van der Waals surface area contributed by atoms with Crippen molar-refractivity contribution in [1.29, 1.82) is 0 Å². The Hall–Kier alpha value is -0.220. The number of carbonyl (C=O) groups is 1. The number of carbonyl (C=O) groups excluding carboxylic acids is 1. The second-order valence-corrected chi connectivity index (χ2v) is 3.73. The van der Waals surface area contributed by atoms with Crippen molar-refractivity contribution >= 4 is 14.6 Å². The highest BCUT2D eigenvalue weighted by Gasteiger charge is 2.52. The number of rotatable bonds is 1. The molecule has 6 heteroatoms. The molecule has 5 nitrogen and oxygen atoms in total. The predicted octanol–water partition coefficient (Wildman–Crippen LogP) is -0.204.